The SMILES string of the molecule is C=C(C)C1=C(C)C[C@@]2(C)C[C@@]3(C)Cc4c(C(C)CC)ccc(C)c4C(=C)C3=C(C)[C@@]2(C)C1=C. The molecule has 0 nitrogen and oxygen atoms in total. The summed E-state index contributed by atoms with van der Waals surface area (Å²) in [6.07, 6.45) is 4.55. The molecule has 0 heteroatoms. The van der Waals surface area contributed by atoms with Crippen molar-refractivity contribution in [3.8, 4) is 0 Å². The van der Waals surface area contributed by atoms with Gasteiger partial charge in [0.05, 0.1) is 0 Å². The van der Waals surface area contributed by atoms with Crippen molar-refractivity contribution in [3.05, 3.63) is 87.6 Å². The van der Waals surface area contributed by atoms with E-state index in [4.69, 9.17) is 13.2 Å². The van der Waals surface area contributed by atoms with Crippen molar-refractivity contribution in [2.45, 2.75) is 93.9 Å². The van der Waals surface area contributed by atoms with Crippen LogP contribution in [-0.2, 0) is 6.42 Å². The molecule has 4 atom stereocenters. The molecule has 0 aliphatic heterocycles. The van der Waals surface area contributed by atoms with Gasteiger partial charge in [-0.2, -0.15) is 0 Å². The van der Waals surface area contributed by atoms with E-state index in [1.807, 2.05) is 0 Å². The molecule has 1 aromatic rings. The average Bonchev–Trinajstić information content (AvgIpc) is 2.69. The number of allylic oxidation sites excluding steroid dienone is 7. The maximum absolute atomic E-state index is 4.79. The molecular weight excluding hydrogens is 396 g/mol. The van der Waals surface area contributed by atoms with Crippen LogP contribution in [0.5, 0.6) is 0 Å². The molecule has 3 aliphatic rings. The summed E-state index contributed by atoms with van der Waals surface area (Å²) in [5.74, 6) is 0.574. The van der Waals surface area contributed by atoms with E-state index < -0.39 is 0 Å². The average molecular weight is 441 g/mol. The van der Waals surface area contributed by atoms with Gasteiger partial charge in [-0.05, 0) is 115 Å². The molecule has 0 aromatic heterocycles. The molecule has 0 bridgehead atoms. The molecule has 0 N–H and O–H groups in total. The summed E-state index contributed by atoms with van der Waals surface area (Å²) < 4.78 is 0. The molecule has 0 fully saturated rings. The second kappa shape index (κ2) is 7.46. The van der Waals surface area contributed by atoms with Crippen LogP contribution in [0.1, 0.15) is 103 Å². The van der Waals surface area contributed by atoms with E-state index in [0.29, 0.717) is 5.92 Å². The van der Waals surface area contributed by atoms with Gasteiger partial charge in [-0.3, -0.25) is 0 Å². The molecule has 4 rings (SSSR count). The monoisotopic (exact) mass is 440 g/mol. The Morgan fingerprint density at radius 1 is 1.06 bits per heavy atom. The highest BCUT2D eigenvalue weighted by atomic mass is 14.6. The normalized spacial score (nSPS) is 32.4. The molecule has 0 saturated carbocycles. The lowest BCUT2D eigenvalue weighted by Crippen LogP contribution is -2.52. The predicted octanol–water partition coefficient (Wildman–Crippen LogP) is 9.67. The topological polar surface area (TPSA) is 0 Å². The van der Waals surface area contributed by atoms with Gasteiger partial charge in [0.25, 0.3) is 0 Å². The first kappa shape index (κ1) is 24.1. The van der Waals surface area contributed by atoms with E-state index in [1.165, 1.54) is 56.5 Å². The Morgan fingerprint density at radius 2 is 1.70 bits per heavy atom. The minimum atomic E-state index is -0.0850. The van der Waals surface area contributed by atoms with Crippen molar-refractivity contribution >= 4 is 5.57 Å². The van der Waals surface area contributed by atoms with Crippen LogP contribution in [0.15, 0.2) is 65.3 Å². The zero-order valence-electron chi connectivity index (χ0n) is 22.7. The molecular formula is C33H44. The first-order chi connectivity index (χ1) is 15.2. The lowest BCUT2D eigenvalue weighted by atomic mass is 9.41. The second-order valence-corrected chi connectivity index (χ2v) is 12.3. The summed E-state index contributed by atoms with van der Waals surface area (Å²) in [4.78, 5) is 0. The van der Waals surface area contributed by atoms with E-state index in [0.717, 1.165) is 24.8 Å². The van der Waals surface area contributed by atoms with Crippen molar-refractivity contribution in [3.63, 3.8) is 0 Å². The largest absolute Gasteiger partial charge is 0.0955 e. The van der Waals surface area contributed by atoms with Crippen LogP contribution < -0.4 is 0 Å². The van der Waals surface area contributed by atoms with Gasteiger partial charge >= 0.3 is 0 Å². The Bertz CT molecular complexity index is 1160. The maximum atomic E-state index is 4.79. The molecule has 33 heavy (non-hydrogen) atoms. The van der Waals surface area contributed by atoms with Gasteiger partial charge in [-0.25, -0.2) is 0 Å². The highest BCUT2D eigenvalue weighted by molar-refractivity contribution is 5.87. The fraction of sp³-hybridized carbons (Fsp3) is 0.515. The molecule has 176 valence electrons. The smallest absolute Gasteiger partial charge is 0.0194 e. The molecule has 0 spiro atoms. The molecule has 0 amide bonds. The number of fused-ring (bicyclic) bond motifs is 3. The molecule has 1 unspecified atom stereocenters. The summed E-state index contributed by atoms with van der Waals surface area (Å²) in [5.41, 5.74) is 15.4. The quantitative estimate of drug-likeness (QED) is 0.439. The number of rotatable bonds is 3. The van der Waals surface area contributed by atoms with E-state index in [-0.39, 0.29) is 16.2 Å². The molecule has 1 aromatic carbocycles. The molecule has 0 heterocycles. The van der Waals surface area contributed by atoms with Gasteiger partial charge in [-0.15, -0.1) is 0 Å². The van der Waals surface area contributed by atoms with E-state index in [9.17, 15) is 0 Å². The van der Waals surface area contributed by atoms with E-state index in [2.05, 4.69) is 81.0 Å². The fourth-order valence-electron chi connectivity index (χ4n) is 8.24. The first-order valence-electron chi connectivity index (χ1n) is 12.8. The third-order valence-electron chi connectivity index (χ3n) is 10.0. The predicted molar refractivity (Wildman–Crippen MR) is 146 cm³/mol. The van der Waals surface area contributed by atoms with E-state index in [1.54, 1.807) is 5.56 Å². The van der Waals surface area contributed by atoms with Crippen LogP contribution in [0.3, 0.4) is 0 Å². The third kappa shape index (κ3) is 3.02. The Kier molecular flexibility index (Phi) is 5.44. The third-order valence-corrected chi connectivity index (χ3v) is 10.0. The van der Waals surface area contributed by atoms with Crippen LogP contribution in [0.25, 0.3) is 5.57 Å². The summed E-state index contributed by atoms with van der Waals surface area (Å²) >= 11 is 0. The van der Waals surface area contributed by atoms with Crippen molar-refractivity contribution in [2.24, 2.45) is 16.2 Å². The van der Waals surface area contributed by atoms with Gasteiger partial charge in [0.2, 0.25) is 0 Å². The Hall–Kier alpha value is -2.08. The Morgan fingerprint density at radius 3 is 2.27 bits per heavy atom. The highest BCUT2D eigenvalue weighted by Crippen LogP contribution is 2.70. The number of hydrogen-bond acceptors (Lipinski definition) is 0. The lowest BCUT2D eigenvalue weighted by Gasteiger charge is -2.62. The van der Waals surface area contributed by atoms with Gasteiger partial charge in [0.1, 0.15) is 0 Å². The number of benzene rings is 1. The minimum absolute atomic E-state index is 0.0850. The summed E-state index contributed by atoms with van der Waals surface area (Å²) in [6.45, 7) is 35.1. The maximum Gasteiger partial charge on any atom is 0.0194 e. The van der Waals surface area contributed by atoms with Crippen LogP contribution in [-0.4, -0.2) is 0 Å². The molecule has 0 saturated heterocycles. The van der Waals surface area contributed by atoms with Gasteiger partial charge < -0.3 is 0 Å². The van der Waals surface area contributed by atoms with Crippen molar-refractivity contribution < 1.29 is 0 Å². The summed E-state index contributed by atoms with van der Waals surface area (Å²) in [6, 6.07) is 4.72. The van der Waals surface area contributed by atoms with Gasteiger partial charge in [-0.1, -0.05) is 83.2 Å². The zero-order valence-corrected chi connectivity index (χ0v) is 22.7. The van der Waals surface area contributed by atoms with Crippen LogP contribution >= 0.6 is 0 Å². The van der Waals surface area contributed by atoms with Crippen LogP contribution in [0.2, 0.25) is 0 Å². The fourth-order valence-corrected chi connectivity index (χ4v) is 8.24. The lowest BCUT2D eigenvalue weighted by molar-refractivity contribution is 0.0543. The van der Waals surface area contributed by atoms with Crippen LogP contribution in [0.4, 0.5) is 0 Å². The Balaban J connectivity index is 2.01. The number of hydrogen-bond donors (Lipinski definition) is 0. The second-order valence-electron chi connectivity index (χ2n) is 12.3. The molecule has 0 radical (unpaired) electrons. The van der Waals surface area contributed by atoms with Crippen LogP contribution in [0, 0.1) is 23.2 Å². The Labute approximate surface area is 203 Å². The van der Waals surface area contributed by atoms with Gasteiger partial charge in [0, 0.05) is 5.41 Å². The summed E-state index contributed by atoms with van der Waals surface area (Å²) in [5, 5.41) is 0. The van der Waals surface area contributed by atoms with Crippen molar-refractivity contribution in [1.29, 1.82) is 0 Å². The van der Waals surface area contributed by atoms with Gasteiger partial charge in [0.15, 0.2) is 0 Å². The van der Waals surface area contributed by atoms with Crippen molar-refractivity contribution in [2.75, 3.05) is 0 Å². The zero-order chi connectivity index (χ0) is 24.7. The number of aryl methyl sites for hydroxylation is 1. The summed E-state index contributed by atoms with van der Waals surface area (Å²) in [7, 11) is 0. The van der Waals surface area contributed by atoms with Crippen molar-refractivity contribution in [1.82, 2.24) is 0 Å². The highest BCUT2D eigenvalue weighted by Gasteiger charge is 2.59. The molecule has 3 aliphatic carbocycles. The standard InChI is InChI=1S/C33H44/c1-13-20(4)26-15-14-21(5)29-23(7)30-25(9)33(12)24(8)28(19(2)3)22(6)16-32(33,11)18-31(30,10)17-27(26)29/h14-15,20H,2,7-8,13,16-18H2,1,3-6,9-12H3/t20?,31-,32+,33-/m1/s1. The van der Waals surface area contributed by atoms with E-state index >= 15 is 0 Å². The first-order valence-corrected chi connectivity index (χ1v) is 12.8. The minimum Gasteiger partial charge on any atom is -0.0955 e.